The highest BCUT2D eigenvalue weighted by Gasteiger charge is 2.16. The average Bonchev–Trinajstić information content (AvgIpc) is 3.18. The van der Waals surface area contributed by atoms with Crippen molar-refractivity contribution >= 4 is 46.4 Å². The molecule has 0 bridgehead atoms. The number of carbonyl (C=O) groups excluding carboxylic acids is 2. The van der Waals surface area contributed by atoms with Gasteiger partial charge in [0.1, 0.15) is 15.3 Å². The second-order valence-corrected chi connectivity index (χ2v) is 8.68. The topological polar surface area (TPSA) is 126 Å². The summed E-state index contributed by atoms with van der Waals surface area (Å²) in [6.45, 7) is 7.66. The number of nitrogens with zero attached hydrogens (tertiary/aromatic N) is 3. The Balaban J connectivity index is 1.68. The molecule has 10 nitrogen and oxygen atoms in total. The number of esters is 1. The molecule has 0 radical (unpaired) electrons. The van der Waals surface area contributed by atoms with Gasteiger partial charge in [0.05, 0.1) is 19.8 Å². The summed E-state index contributed by atoms with van der Waals surface area (Å²) in [5.74, 6) is -0.804. The SMILES string of the molecule is CCOC(=O)/C(C#N)=c1/s/c(=C/Nc2ccc(NC(=O)CCN3CCOCC3)cc2)c(=O)n1CC. The first kappa shape index (κ1) is 26.2. The summed E-state index contributed by atoms with van der Waals surface area (Å²) >= 11 is 1.05. The summed E-state index contributed by atoms with van der Waals surface area (Å²) < 4.78 is 12.2. The molecule has 0 spiro atoms. The van der Waals surface area contributed by atoms with E-state index in [1.54, 1.807) is 44.3 Å². The highest BCUT2D eigenvalue weighted by Crippen LogP contribution is 2.14. The van der Waals surface area contributed by atoms with Gasteiger partial charge in [-0.05, 0) is 38.1 Å². The molecule has 1 fully saturated rings. The second kappa shape index (κ2) is 12.9. The van der Waals surface area contributed by atoms with E-state index in [-0.39, 0.29) is 28.3 Å². The Morgan fingerprint density at radius 3 is 2.51 bits per heavy atom. The first-order chi connectivity index (χ1) is 17.0. The summed E-state index contributed by atoms with van der Waals surface area (Å²) in [5.41, 5.74) is 0.894. The van der Waals surface area contributed by atoms with E-state index in [0.717, 1.165) is 24.4 Å². The van der Waals surface area contributed by atoms with E-state index in [4.69, 9.17) is 9.47 Å². The minimum Gasteiger partial charge on any atom is -0.462 e. The van der Waals surface area contributed by atoms with Crippen LogP contribution in [0.15, 0.2) is 29.1 Å². The summed E-state index contributed by atoms with van der Waals surface area (Å²) in [5, 5.41) is 15.4. The molecular weight excluding hydrogens is 470 g/mol. The summed E-state index contributed by atoms with van der Waals surface area (Å²) in [6.07, 6.45) is 1.95. The quantitative estimate of drug-likeness (QED) is 0.483. The van der Waals surface area contributed by atoms with Gasteiger partial charge in [-0.2, -0.15) is 5.26 Å². The molecule has 1 saturated heterocycles. The van der Waals surface area contributed by atoms with Crippen molar-refractivity contribution < 1.29 is 19.1 Å². The monoisotopic (exact) mass is 499 g/mol. The van der Waals surface area contributed by atoms with E-state index in [1.807, 2.05) is 6.07 Å². The van der Waals surface area contributed by atoms with Gasteiger partial charge in [0.25, 0.3) is 5.56 Å². The number of rotatable bonds is 9. The van der Waals surface area contributed by atoms with Crippen molar-refractivity contribution in [1.82, 2.24) is 9.47 Å². The lowest BCUT2D eigenvalue weighted by atomic mass is 10.2. The van der Waals surface area contributed by atoms with E-state index < -0.39 is 5.97 Å². The highest BCUT2D eigenvalue weighted by molar-refractivity contribution is 7.07. The molecule has 1 aromatic heterocycles. The van der Waals surface area contributed by atoms with Crippen molar-refractivity contribution in [2.24, 2.45) is 0 Å². The molecule has 3 rings (SSSR count). The number of hydrogen-bond acceptors (Lipinski definition) is 9. The zero-order valence-electron chi connectivity index (χ0n) is 19.8. The van der Waals surface area contributed by atoms with Crippen LogP contribution < -0.4 is 25.4 Å². The number of carbonyl (C=O) groups is 2. The van der Waals surface area contributed by atoms with Gasteiger partial charge in [0.2, 0.25) is 5.91 Å². The van der Waals surface area contributed by atoms with Gasteiger partial charge >= 0.3 is 5.97 Å². The number of aromatic nitrogens is 1. The largest absolute Gasteiger partial charge is 0.462 e. The van der Waals surface area contributed by atoms with Gasteiger partial charge in [0.15, 0.2) is 5.57 Å². The molecule has 0 unspecified atom stereocenters. The molecule has 2 aromatic rings. The first-order valence-corrected chi connectivity index (χ1v) is 12.3. The lowest BCUT2D eigenvalue weighted by Crippen LogP contribution is -2.38. The van der Waals surface area contributed by atoms with Crippen molar-refractivity contribution in [3.05, 3.63) is 43.8 Å². The summed E-state index contributed by atoms with van der Waals surface area (Å²) in [4.78, 5) is 39.3. The number of nitriles is 1. The molecule has 0 atom stereocenters. The van der Waals surface area contributed by atoms with E-state index in [9.17, 15) is 19.6 Å². The second-order valence-electron chi connectivity index (χ2n) is 7.65. The van der Waals surface area contributed by atoms with Gasteiger partial charge in [-0.1, -0.05) is 0 Å². The van der Waals surface area contributed by atoms with Crippen LogP contribution in [-0.4, -0.2) is 60.8 Å². The van der Waals surface area contributed by atoms with Gasteiger partial charge in [-0.15, -0.1) is 11.3 Å². The Labute approximate surface area is 207 Å². The Morgan fingerprint density at radius 2 is 1.89 bits per heavy atom. The maximum absolute atomic E-state index is 12.8. The Kier molecular flexibility index (Phi) is 9.60. The third-order valence-electron chi connectivity index (χ3n) is 5.33. The zero-order chi connectivity index (χ0) is 25.2. The number of anilines is 2. The molecular formula is C24H29N5O5S. The molecule has 0 aliphatic carbocycles. The van der Waals surface area contributed by atoms with Crippen LogP contribution >= 0.6 is 11.3 Å². The number of morpholine rings is 1. The van der Waals surface area contributed by atoms with Crippen LogP contribution in [0.1, 0.15) is 20.3 Å². The van der Waals surface area contributed by atoms with E-state index in [1.165, 1.54) is 4.57 Å². The van der Waals surface area contributed by atoms with Crippen LogP contribution in [0.5, 0.6) is 0 Å². The van der Waals surface area contributed by atoms with Crippen LogP contribution in [0.3, 0.4) is 0 Å². The minimum atomic E-state index is -0.749. The number of nitrogens with one attached hydrogen (secondary N) is 2. The van der Waals surface area contributed by atoms with Crippen LogP contribution in [0, 0.1) is 11.3 Å². The van der Waals surface area contributed by atoms with Crippen molar-refractivity contribution in [3.8, 4) is 6.07 Å². The van der Waals surface area contributed by atoms with Gasteiger partial charge < -0.3 is 20.1 Å². The van der Waals surface area contributed by atoms with Crippen molar-refractivity contribution in [2.45, 2.75) is 26.8 Å². The summed E-state index contributed by atoms with van der Waals surface area (Å²) in [6, 6.07) is 8.97. The van der Waals surface area contributed by atoms with Gasteiger partial charge in [-0.3, -0.25) is 19.1 Å². The van der Waals surface area contributed by atoms with Gasteiger partial charge in [-0.25, -0.2) is 4.79 Å². The van der Waals surface area contributed by atoms with Crippen LogP contribution in [0.4, 0.5) is 11.4 Å². The standard InChI is InChI=1S/C24H29N5O5S/c1-3-29-22(31)20(35-23(29)19(15-25)24(32)34-4-2)16-26-17-5-7-18(8-6-17)27-21(30)9-10-28-11-13-33-14-12-28/h5-8,16,26H,3-4,9-14H2,1-2H3,(H,27,30)/b20-16+,23-19+. The molecule has 1 aromatic carbocycles. The fraction of sp³-hybridized carbons (Fsp3) is 0.417. The number of amides is 1. The number of thiazole rings is 1. The number of hydrogen-bond donors (Lipinski definition) is 2. The Hall–Kier alpha value is -3.46. The molecule has 1 amide bonds. The normalized spacial score (nSPS) is 15.3. The fourth-order valence-electron chi connectivity index (χ4n) is 3.48. The average molecular weight is 500 g/mol. The maximum Gasteiger partial charge on any atom is 0.351 e. The summed E-state index contributed by atoms with van der Waals surface area (Å²) in [7, 11) is 0. The van der Waals surface area contributed by atoms with E-state index >= 15 is 0 Å². The van der Waals surface area contributed by atoms with E-state index in [0.29, 0.717) is 48.6 Å². The number of ether oxygens (including phenoxy) is 2. The smallest absolute Gasteiger partial charge is 0.351 e. The third kappa shape index (κ3) is 7.02. The Morgan fingerprint density at radius 1 is 1.20 bits per heavy atom. The van der Waals surface area contributed by atoms with Crippen molar-refractivity contribution in [1.29, 1.82) is 5.26 Å². The van der Waals surface area contributed by atoms with Crippen LogP contribution in [0.25, 0.3) is 11.8 Å². The number of benzene rings is 1. The highest BCUT2D eigenvalue weighted by atomic mass is 32.1. The van der Waals surface area contributed by atoms with Crippen LogP contribution in [-0.2, 0) is 25.6 Å². The predicted molar refractivity (Wildman–Crippen MR) is 134 cm³/mol. The van der Waals surface area contributed by atoms with Crippen molar-refractivity contribution in [2.75, 3.05) is 50.1 Å². The predicted octanol–water partition coefficient (Wildman–Crippen LogP) is 0.678. The van der Waals surface area contributed by atoms with Crippen LogP contribution in [0.2, 0.25) is 0 Å². The molecule has 35 heavy (non-hydrogen) atoms. The maximum atomic E-state index is 12.8. The molecule has 2 heterocycles. The van der Waals surface area contributed by atoms with Gasteiger partial charge in [0, 0.05) is 50.2 Å². The van der Waals surface area contributed by atoms with E-state index in [2.05, 4.69) is 15.5 Å². The molecule has 186 valence electrons. The third-order valence-corrected chi connectivity index (χ3v) is 6.46. The molecule has 0 saturated carbocycles. The fourth-order valence-corrected chi connectivity index (χ4v) is 4.56. The molecule has 1 aliphatic heterocycles. The minimum absolute atomic E-state index is 0.0545. The lowest BCUT2D eigenvalue weighted by molar-refractivity contribution is -0.136. The zero-order valence-corrected chi connectivity index (χ0v) is 20.7. The first-order valence-electron chi connectivity index (χ1n) is 11.4. The molecule has 2 N–H and O–H groups in total. The molecule has 1 aliphatic rings. The van der Waals surface area contributed by atoms with Crippen molar-refractivity contribution in [3.63, 3.8) is 0 Å². The Bertz CT molecular complexity index is 1250. The lowest BCUT2D eigenvalue weighted by Gasteiger charge is -2.26. The molecule has 11 heteroatoms.